The number of aromatic nitrogens is 1. The summed E-state index contributed by atoms with van der Waals surface area (Å²) in [4.78, 5) is 28.5. The minimum Gasteiger partial charge on any atom is -0.508 e. The summed E-state index contributed by atoms with van der Waals surface area (Å²) in [6.45, 7) is 1.95. The van der Waals surface area contributed by atoms with E-state index in [9.17, 15) is 14.7 Å². The van der Waals surface area contributed by atoms with Crippen molar-refractivity contribution in [3.05, 3.63) is 75.7 Å². The van der Waals surface area contributed by atoms with Crippen molar-refractivity contribution < 1.29 is 19.4 Å². The molecule has 0 spiro atoms. The fourth-order valence-electron chi connectivity index (χ4n) is 2.36. The molecule has 0 bridgehead atoms. The van der Waals surface area contributed by atoms with Crippen molar-refractivity contribution in [1.29, 1.82) is 0 Å². The Kier molecular flexibility index (Phi) is 5.83. The van der Waals surface area contributed by atoms with Crippen LogP contribution in [-0.2, 0) is 22.6 Å². The van der Waals surface area contributed by atoms with E-state index in [-0.39, 0.29) is 24.7 Å². The highest BCUT2D eigenvalue weighted by Gasteiger charge is 2.12. The molecule has 0 aliphatic rings. The number of esters is 1. The molecular weight excluding hydrogens is 364 g/mol. The van der Waals surface area contributed by atoms with Gasteiger partial charge in [-0.15, -0.1) is 11.3 Å². The number of anilines is 1. The average molecular weight is 382 g/mol. The number of para-hydroxylation sites is 1. The van der Waals surface area contributed by atoms with Crippen LogP contribution in [0.25, 0.3) is 0 Å². The number of aromatic hydroxyl groups is 1. The van der Waals surface area contributed by atoms with Gasteiger partial charge in [0.2, 0.25) is 5.91 Å². The maximum Gasteiger partial charge on any atom is 0.338 e. The molecule has 1 heterocycles. The van der Waals surface area contributed by atoms with Gasteiger partial charge in [0.15, 0.2) is 0 Å². The number of hydrogen-bond acceptors (Lipinski definition) is 6. The standard InChI is InChI=1S/C20H18N2O4S/c1-13-4-2-3-5-17(13)22-18(24)10-19-21-15(12-27-19)11-26-20(25)14-6-8-16(23)9-7-14/h2-9,12,23H,10-11H2,1H3,(H,22,24). The Morgan fingerprint density at radius 3 is 2.63 bits per heavy atom. The maximum absolute atomic E-state index is 12.2. The number of aryl methyl sites for hydroxylation is 1. The summed E-state index contributed by atoms with van der Waals surface area (Å²) in [5.41, 5.74) is 2.71. The van der Waals surface area contributed by atoms with Crippen molar-refractivity contribution in [3.8, 4) is 5.75 Å². The SMILES string of the molecule is Cc1ccccc1NC(=O)Cc1nc(COC(=O)c2ccc(O)cc2)cs1. The normalized spacial score (nSPS) is 10.4. The van der Waals surface area contributed by atoms with Gasteiger partial charge in [-0.05, 0) is 42.8 Å². The van der Waals surface area contributed by atoms with Gasteiger partial charge in [0, 0.05) is 11.1 Å². The van der Waals surface area contributed by atoms with E-state index in [1.54, 1.807) is 5.38 Å². The van der Waals surface area contributed by atoms with E-state index in [1.165, 1.54) is 35.6 Å². The lowest BCUT2D eigenvalue weighted by atomic mass is 10.2. The first-order valence-corrected chi connectivity index (χ1v) is 9.14. The summed E-state index contributed by atoms with van der Waals surface area (Å²) >= 11 is 1.35. The fraction of sp³-hybridized carbons (Fsp3) is 0.150. The van der Waals surface area contributed by atoms with E-state index in [2.05, 4.69) is 10.3 Å². The zero-order chi connectivity index (χ0) is 19.2. The predicted octanol–water partition coefficient (Wildman–Crippen LogP) is 3.70. The van der Waals surface area contributed by atoms with E-state index >= 15 is 0 Å². The molecule has 0 fully saturated rings. The monoisotopic (exact) mass is 382 g/mol. The van der Waals surface area contributed by atoms with Gasteiger partial charge in [0.05, 0.1) is 17.7 Å². The number of nitrogens with one attached hydrogen (secondary N) is 1. The molecule has 0 radical (unpaired) electrons. The second-order valence-electron chi connectivity index (χ2n) is 5.90. The summed E-state index contributed by atoms with van der Waals surface area (Å²) < 4.78 is 5.21. The fourth-order valence-corrected chi connectivity index (χ4v) is 3.14. The molecule has 0 aliphatic heterocycles. The number of phenols is 1. The van der Waals surface area contributed by atoms with Gasteiger partial charge in [0.25, 0.3) is 0 Å². The van der Waals surface area contributed by atoms with Crippen molar-refractivity contribution in [2.75, 3.05) is 5.32 Å². The molecule has 2 aromatic carbocycles. The van der Waals surface area contributed by atoms with Crippen LogP contribution < -0.4 is 5.32 Å². The predicted molar refractivity (Wildman–Crippen MR) is 103 cm³/mol. The van der Waals surface area contributed by atoms with Gasteiger partial charge < -0.3 is 15.2 Å². The molecule has 0 atom stereocenters. The largest absolute Gasteiger partial charge is 0.508 e. The highest BCUT2D eigenvalue weighted by Crippen LogP contribution is 2.16. The minimum atomic E-state index is -0.498. The Morgan fingerprint density at radius 1 is 1.15 bits per heavy atom. The van der Waals surface area contributed by atoms with Crippen LogP contribution >= 0.6 is 11.3 Å². The lowest BCUT2D eigenvalue weighted by molar-refractivity contribution is -0.115. The molecule has 27 heavy (non-hydrogen) atoms. The minimum absolute atomic E-state index is 0.0234. The molecule has 1 amide bonds. The van der Waals surface area contributed by atoms with Crippen molar-refractivity contribution >= 4 is 28.9 Å². The molecule has 6 nitrogen and oxygen atoms in total. The van der Waals surface area contributed by atoms with Gasteiger partial charge in [-0.3, -0.25) is 4.79 Å². The van der Waals surface area contributed by atoms with Gasteiger partial charge in [-0.2, -0.15) is 0 Å². The van der Waals surface area contributed by atoms with Crippen LogP contribution in [-0.4, -0.2) is 22.0 Å². The van der Waals surface area contributed by atoms with Crippen LogP contribution in [0.3, 0.4) is 0 Å². The van der Waals surface area contributed by atoms with Crippen LogP contribution in [0.15, 0.2) is 53.9 Å². The summed E-state index contributed by atoms with van der Waals surface area (Å²) in [6.07, 6.45) is 0.158. The third kappa shape index (κ3) is 5.15. The van der Waals surface area contributed by atoms with E-state index in [4.69, 9.17) is 4.74 Å². The number of benzene rings is 2. The van der Waals surface area contributed by atoms with Crippen LogP contribution in [0, 0.1) is 6.92 Å². The third-order valence-corrected chi connectivity index (χ3v) is 4.68. The topological polar surface area (TPSA) is 88.5 Å². The highest BCUT2D eigenvalue weighted by molar-refractivity contribution is 7.09. The molecule has 7 heteroatoms. The number of thiazole rings is 1. The molecule has 0 aliphatic carbocycles. The van der Waals surface area contributed by atoms with Crippen molar-refractivity contribution in [2.24, 2.45) is 0 Å². The molecule has 3 rings (SSSR count). The average Bonchev–Trinajstić information content (AvgIpc) is 3.09. The molecule has 0 unspecified atom stereocenters. The Hall–Kier alpha value is -3.19. The quantitative estimate of drug-likeness (QED) is 0.635. The molecule has 0 saturated carbocycles. The smallest absolute Gasteiger partial charge is 0.338 e. The number of phenolic OH excluding ortho intramolecular Hbond substituents is 1. The summed E-state index contributed by atoms with van der Waals surface area (Å²) in [6, 6.07) is 13.4. The number of nitrogens with zero attached hydrogens (tertiary/aromatic N) is 1. The first kappa shape index (κ1) is 18.6. The summed E-state index contributed by atoms with van der Waals surface area (Å²) in [5, 5.41) is 14.5. The Morgan fingerprint density at radius 2 is 1.89 bits per heavy atom. The van der Waals surface area contributed by atoms with Gasteiger partial charge in [-0.1, -0.05) is 18.2 Å². The van der Waals surface area contributed by atoms with Crippen LogP contribution in [0.2, 0.25) is 0 Å². The number of carbonyl (C=O) groups is 2. The molecule has 138 valence electrons. The van der Waals surface area contributed by atoms with Gasteiger partial charge in [-0.25, -0.2) is 9.78 Å². The molecule has 2 N–H and O–H groups in total. The lowest BCUT2D eigenvalue weighted by Gasteiger charge is -2.06. The Bertz CT molecular complexity index is 951. The van der Waals surface area contributed by atoms with Gasteiger partial charge >= 0.3 is 5.97 Å². The van der Waals surface area contributed by atoms with E-state index in [1.807, 2.05) is 31.2 Å². The second kappa shape index (κ2) is 8.46. The van der Waals surface area contributed by atoms with Crippen molar-refractivity contribution in [2.45, 2.75) is 20.0 Å². The number of rotatable bonds is 6. The Balaban J connectivity index is 1.52. The van der Waals surface area contributed by atoms with Crippen molar-refractivity contribution in [3.63, 3.8) is 0 Å². The highest BCUT2D eigenvalue weighted by atomic mass is 32.1. The number of carbonyl (C=O) groups excluding carboxylic acids is 2. The summed E-state index contributed by atoms with van der Waals surface area (Å²) in [7, 11) is 0. The maximum atomic E-state index is 12.2. The van der Waals surface area contributed by atoms with E-state index in [0.717, 1.165) is 11.3 Å². The Labute approximate surface area is 160 Å². The number of ether oxygens (including phenoxy) is 1. The number of amides is 1. The molecule has 0 saturated heterocycles. The van der Waals surface area contributed by atoms with E-state index in [0.29, 0.717) is 16.3 Å². The van der Waals surface area contributed by atoms with Crippen LogP contribution in [0.5, 0.6) is 5.75 Å². The van der Waals surface area contributed by atoms with Crippen molar-refractivity contribution in [1.82, 2.24) is 4.98 Å². The van der Waals surface area contributed by atoms with Gasteiger partial charge in [0.1, 0.15) is 17.4 Å². The van der Waals surface area contributed by atoms with E-state index < -0.39 is 5.97 Å². The lowest BCUT2D eigenvalue weighted by Crippen LogP contribution is -2.15. The van der Waals surface area contributed by atoms with Crippen LogP contribution in [0.4, 0.5) is 5.69 Å². The number of hydrogen-bond donors (Lipinski definition) is 2. The first-order valence-electron chi connectivity index (χ1n) is 8.26. The molecule has 1 aromatic heterocycles. The zero-order valence-corrected chi connectivity index (χ0v) is 15.5. The third-order valence-electron chi connectivity index (χ3n) is 3.78. The second-order valence-corrected chi connectivity index (χ2v) is 6.84. The molecular formula is C20H18N2O4S. The van der Waals surface area contributed by atoms with Crippen LogP contribution in [0.1, 0.15) is 26.6 Å². The summed E-state index contributed by atoms with van der Waals surface area (Å²) in [5.74, 6) is -0.562. The zero-order valence-electron chi connectivity index (χ0n) is 14.6. The molecule has 3 aromatic rings. The first-order chi connectivity index (χ1) is 13.0.